The number of benzene rings is 1. The lowest BCUT2D eigenvalue weighted by molar-refractivity contribution is -0.137. The van der Waals surface area contributed by atoms with E-state index in [0.717, 1.165) is 25.2 Å². The van der Waals surface area contributed by atoms with Gasteiger partial charge in [-0.05, 0) is 26.0 Å². The maximum atomic E-state index is 12.6. The van der Waals surface area contributed by atoms with Gasteiger partial charge in [0.05, 0.1) is 24.3 Å². The van der Waals surface area contributed by atoms with E-state index in [1.807, 2.05) is 13.8 Å². The summed E-state index contributed by atoms with van der Waals surface area (Å²) in [6, 6.07) is 4.71. The number of nitrogens with zero attached hydrogens (tertiary/aromatic N) is 3. The Morgan fingerprint density at radius 1 is 1.12 bits per heavy atom. The van der Waals surface area contributed by atoms with E-state index in [9.17, 15) is 13.2 Å². The van der Waals surface area contributed by atoms with Crippen LogP contribution in [0.1, 0.15) is 25.3 Å². The number of alkyl halides is 3. The first-order valence-corrected chi connectivity index (χ1v) is 7.69. The predicted molar refractivity (Wildman–Crippen MR) is 80.0 cm³/mol. The van der Waals surface area contributed by atoms with Gasteiger partial charge in [0.25, 0.3) is 0 Å². The van der Waals surface area contributed by atoms with Gasteiger partial charge >= 0.3 is 6.18 Å². The first-order valence-electron chi connectivity index (χ1n) is 7.69. The first-order chi connectivity index (χ1) is 11.3. The van der Waals surface area contributed by atoms with Crippen LogP contribution in [-0.4, -0.2) is 40.3 Å². The molecule has 0 N–H and O–H groups in total. The molecule has 1 fully saturated rings. The van der Waals surface area contributed by atoms with Crippen molar-refractivity contribution in [3.63, 3.8) is 0 Å². The van der Waals surface area contributed by atoms with Crippen molar-refractivity contribution in [3.8, 4) is 11.4 Å². The number of hydrogen-bond acceptors (Lipinski definition) is 5. The van der Waals surface area contributed by atoms with Crippen molar-refractivity contribution in [1.82, 2.24) is 15.0 Å². The highest BCUT2D eigenvalue weighted by Crippen LogP contribution is 2.30. The van der Waals surface area contributed by atoms with Crippen LogP contribution in [0.4, 0.5) is 13.2 Å². The molecule has 5 nitrogen and oxygen atoms in total. The molecule has 1 aromatic carbocycles. The van der Waals surface area contributed by atoms with Gasteiger partial charge in [-0.1, -0.05) is 17.3 Å². The summed E-state index contributed by atoms with van der Waals surface area (Å²) >= 11 is 0. The molecule has 24 heavy (non-hydrogen) atoms. The molecule has 2 heterocycles. The Bertz CT molecular complexity index is 675. The Hall–Kier alpha value is -1.93. The highest BCUT2D eigenvalue weighted by Gasteiger charge is 2.30. The minimum atomic E-state index is -4.36. The number of morpholine rings is 1. The van der Waals surface area contributed by atoms with Crippen LogP contribution in [0.25, 0.3) is 11.4 Å². The second kappa shape index (κ2) is 6.52. The Kier molecular flexibility index (Phi) is 4.60. The minimum absolute atomic E-state index is 0.131. The van der Waals surface area contributed by atoms with Gasteiger partial charge in [-0.2, -0.15) is 18.2 Å². The number of rotatable bonds is 3. The summed E-state index contributed by atoms with van der Waals surface area (Å²) in [5.74, 6) is 0.722. The lowest BCUT2D eigenvalue weighted by Gasteiger charge is -2.34. The second-order valence-electron chi connectivity index (χ2n) is 6.04. The molecule has 1 saturated heterocycles. The van der Waals surface area contributed by atoms with E-state index >= 15 is 0 Å². The lowest BCUT2D eigenvalue weighted by Crippen LogP contribution is -2.44. The third-order valence-electron chi connectivity index (χ3n) is 3.79. The molecule has 0 amide bonds. The highest BCUT2D eigenvalue weighted by atomic mass is 19.4. The Morgan fingerprint density at radius 2 is 1.75 bits per heavy atom. The fourth-order valence-corrected chi connectivity index (χ4v) is 2.85. The molecule has 2 aromatic rings. The average Bonchev–Trinajstić information content (AvgIpc) is 2.94. The summed E-state index contributed by atoms with van der Waals surface area (Å²) in [5, 5.41) is 3.86. The summed E-state index contributed by atoms with van der Waals surface area (Å²) < 4.78 is 48.6. The molecule has 0 unspecified atom stereocenters. The van der Waals surface area contributed by atoms with Crippen LogP contribution in [0.15, 0.2) is 28.8 Å². The maximum absolute atomic E-state index is 12.6. The predicted octanol–water partition coefficient (Wildman–Crippen LogP) is 3.36. The fraction of sp³-hybridized carbons (Fsp3) is 0.500. The summed E-state index contributed by atoms with van der Waals surface area (Å²) in [5.41, 5.74) is -0.215. The van der Waals surface area contributed by atoms with Crippen LogP contribution in [0.5, 0.6) is 0 Å². The van der Waals surface area contributed by atoms with Gasteiger partial charge in [0.2, 0.25) is 11.7 Å². The van der Waals surface area contributed by atoms with Gasteiger partial charge in [-0.25, -0.2) is 0 Å². The molecule has 0 radical (unpaired) electrons. The topological polar surface area (TPSA) is 51.4 Å². The van der Waals surface area contributed by atoms with E-state index in [-0.39, 0.29) is 18.0 Å². The molecule has 0 saturated carbocycles. The Balaban J connectivity index is 1.69. The van der Waals surface area contributed by atoms with E-state index in [4.69, 9.17) is 9.26 Å². The van der Waals surface area contributed by atoms with Gasteiger partial charge in [0.15, 0.2) is 0 Å². The zero-order valence-electron chi connectivity index (χ0n) is 13.4. The molecule has 1 aromatic heterocycles. The van der Waals surface area contributed by atoms with E-state index in [1.165, 1.54) is 12.1 Å². The van der Waals surface area contributed by atoms with Crippen molar-refractivity contribution >= 4 is 0 Å². The van der Waals surface area contributed by atoms with E-state index in [0.29, 0.717) is 18.0 Å². The molecular weight excluding hydrogens is 323 g/mol. The van der Waals surface area contributed by atoms with Gasteiger partial charge in [0, 0.05) is 18.7 Å². The molecule has 130 valence electrons. The normalized spacial score (nSPS) is 22.7. The number of aromatic nitrogens is 2. The van der Waals surface area contributed by atoms with Crippen molar-refractivity contribution in [3.05, 3.63) is 35.7 Å². The van der Waals surface area contributed by atoms with Crippen molar-refractivity contribution < 1.29 is 22.4 Å². The molecule has 1 aliphatic heterocycles. The van der Waals surface area contributed by atoms with Crippen LogP contribution in [0.3, 0.4) is 0 Å². The molecule has 2 atom stereocenters. The van der Waals surface area contributed by atoms with Crippen LogP contribution >= 0.6 is 0 Å². The van der Waals surface area contributed by atoms with Gasteiger partial charge in [-0.3, -0.25) is 4.90 Å². The smallest absolute Gasteiger partial charge is 0.373 e. The molecule has 0 bridgehead atoms. The van der Waals surface area contributed by atoms with Gasteiger partial charge < -0.3 is 9.26 Å². The molecule has 3 rings (SSSR count). The van der Waals surface area contributed by atoms with Crippen molar-refractivity contribution in [2.45, 2.75) is 38.8 Å². The largest absolute Gasteiger partial charge is 0.416 e. The SMILES string of the molecule is C[C@@H]1CN(Cc2nc(-c3ccc(C(F)(F)F)cc3)no2)C[C@H](C)O1. The molecule has 0 aliphatic carbocycles. The number of hydrogen-bond donors (Lipinski definition) is 0. The average molecular weight is 341 g/mol. The summed E-state index contributed by atoms with van der Waals surface area (Å²) in [6.45, 7) is 6.03. The summed E-state index contributed by atoms with van der Waals surface area (Å²) in [6.07, 6.45) is -4.10. The van der Waals surface area contributed by atoms with E-state index in [2.05, 4.69) is 15.0 Å². The monoisotopic (exact) mass is 341 g/mol. The molecule has 1 aliphatic rings. The second-order valence-corrected chi connectivity index (χ2v) is 6.04. The van der Waals surface area contributed by atoms with E-state index in [1.54, 1.807) is 0 Å². The molecule has 8 heteroatoms. The van der Waals surface area contributed by atoms with Crippen molar-refractivity contribution in [1.29, 1.82) is 0 Å². The first kappa shape index (κ1) is 16.9. The van der Waals surface area contributed by atoms with Crippen molar-refractivity contribution in [2.75, 3.05) is 13.1 Å². The Labute approximate surface area is 137 Å². The quantitative estimate of drug-likeness (QED) is 0.857. The zero-order chi connectivity index (χ0) is 17.3. The number of ether oxygens (including phenoxy) is 1. The third-order valence-corrected chi connectivity index (χ3v) is 3.79. The maximum Gasteiger partial charge on any atom is 0.416 e. The van der Waals surface area contributed by atoms with E-state index < -0.39 is 11.7 Å². The van der Waals surface area contributed by atoms with Crippen LogP contribution in [0.2, 0.25) is 0 Å². The standard InChI is InChI=1S/C16H18F3N3O2/c1-10-7-22(8-11(2)23-10)9-14-20-15(21-24-14)12-3-5-13(6-4-12)16(17,18)19/h3-6,10-11H,7-9H2,1-2H3/t10-,11+. The molecular formula is C16H18F3N3O2. The summed E-state index contributed by atoms with van der Waals surface area (Å²) in [7, 11) is 0. The van der Waals surface area contributed by atoms with Crippen LogP contribution in [-0.2, 0) is 17.5 Å². The zero-order valence-corrected chi connectivity index (χ0v) is 13.4. The van der Waals surface area contributed by atoms with Crippen LogP contribution in [0, 0.1) is 0 Å². The van der Waals surface area contributed by atoms with Crippen molar-refractivity contribution in [2.24, 2.45) is 0 Å². The third kappa shape index (κ3) is 3.93. The van der Waals surface area contributed by atoms with Crippen LogP contribution < -0.4 is 0 Å². The van der Waals surface area contributed by atoms with Gasteiger partial charge in [-0.15, -0.1) is 0 Å². The highest BCUT2D eigenvalue weighted by molar-refractivity contribution is 5.54. The molecule has 0 spiro atoms. The minimum Gasteiger partial charge on any atom is -0.373 e. The summed E-state index contributed by atoms with van der Waals surface area (Å²) in [4.78, 5) is 6.43. The lowest BCUT2D eigenvalue weighted by atomic mass is 10.1. The fourth-order valence-electron chi connectivity index (χ4n) is 2.85. The Morgan fingerprint density at radius 3 is 2.33 bits per heavy atom. The number of halogens is 3. The van der Waals surface area contributed by atoms with Gasteiger partial charge in [0.1, 0.15) is 0 Å².